The van der Waals surface area contributed by atoms with Gasteiger partial charge in [0.15, 0.2) is 5.54 Å². The highest BCUT2D eigenvalue weighted by Crippen LogP contribution is 2.42. The number of hydrogen-bond donors (Lipinski definition) is 2. The summed E-state index contributed by atoms with van der Waals surface area (Å²) in [5.41, 5.74) is -2.17. The lowest BCUT2D eigenvalue weighted by Crippen LogP contribution is -2.69. The molecule has 2 rings (SSSR count). The maximum atomic E-state index is 14.6. The SMILES string of the molecule is N#CCNC(=O)[C@@]1(NC(=O)c2ccc(Br)cc2)CCCCC1(F)F. The first kappa shape index (κ1) is 18.3. The third kappa shape index (κ3) is 3.56. The molecule has 1 aromatic carbocycles. The molecule has 0 bridgehead atoms. The van der Waals surface area contributed by atoms with Gasteiger partial charge in [0.2, 0.25) is 0 Å². The van der Waals surface area contributed by atoms with Crippen LogP contribution in [0.3, 0.4) is 0 Å². The van der Waals surface area contributed by atoms with Crippen LogP contribution < -0.4 is 10.6 Å². The van der Waals surface area contributed by atoms with E-state index in [1.54, 1.807) is 18.2 Å². The Hall–Kier alpha value is -2.01. The number of nitrogens with one attached hydrogen (secondary N) is 2. The van der Waals surface area contributed by atoms with Gasteiger partial charge < -0.3 is 10.6 Å². The summed E-state index contributed by atoms with van der Waals surface area (Å²) in [6, 6.07) is 7.84. The van der Waals surface area contributed by atoms with E-state index in [4.69, 9.17) is 5.26 Å². The van der Waals surface area contributed by atoms with Crippen LogP contribution in [-0.2, 0) is 4.79 Å². The van der Waals surface area contributed by atoms with E-state index in [-0.39, 0.29) is 18.4 Å². The zero-order valence-corrected chi connectivity index (χ0v) is 14.3. The Bertz CT molecular complexity index is 673. The molecule has 5 nitrogen and oxygen atoms in total. The zero-order chi connectivity index (χ0) is 17.8. The topological polar surface area (TPSA) is 82.0 Å². The Balaban J connectivity index is 2.32. The van der Waals surface area contributed by atoms with E-state index >= 15 is 0 Å². The number of carbonyl (C=O) groups excluding carboxylic acids is 2. The summed E-state index contributed by atoms with van der Waals surface area (Å²) < 4.78 is 29.9. The van der Waals surface area contributed by atoms with E-state index in [2.05, 4.69) is 26.6 Å². The van der Waals surface area contributed by atoms with Gasteiger partial charge in [0, 0.05) is 16.5 Å². The van der Waals surface area contributed by atoms with Crippen molar-refractivity contribution in [2.24, 2.45) is 0 Å². The molecule has 0 saturated heterocycles. The van der Waals surface area contributed by atoms with Crippen LogP contribution in [0.2, 0.25) is 0 Å². The van der Waals surface area contributed by atoms with Gasteiger partial charge in [-0.05, 0) is 37.1 Å². The van der Waals surface area contributed by atoms with Gasteiger partial charge in [0.1, 0.15) is 6.54 Å². The lowest BCUT2D eigenvalue weighted by Gasteiger charge is -2.42. The van der Waals surface area contributed by atoms with Gasteiger partial charge in [-0.2, -0.15) is 5.26 Å². The first-order chi connectivity index (χ1) is 11.3. The van der Waals surface area contributed by atoms with Crippen molar-refractivity contribution in [3.05, 3.63) is 34.3 Å². The number of nitrogens with zero attached hydrogens (tertiary/aromatic N) is 1. The van der Waals surface area contributed by atoms with E-state index in [0.717, 1.165) is 4.47 Å². The summed E-state index contributed by atoms with van der Waals surface area (Å²) in [6.07, 6.45) is -0.0161. The fourth-order valence-electron chi connectivity index (χ4n) is 2.76. The molecule has 1 aromatic rings. The highest BCUT2D eigenvalue weighted by molar-refractivity contribution is 9.10. The minimum atomic E-state index is -3.39. The number of benzene rings is 1. The monoisotopic (exact) mass is 399 g/mol. The number of hydrogen-bond acceptors (Lipinski definition) is 3. The third-order valence-corrected chi connectivity index (χ3v) is 4.59. The number of halogens is 3. The molecule has 0 aliphatic heterocycles. The number of rotatable bonds is 4. The fraction of sp³-hybridized carbons (Fsp3) is 0.438. The normalized spacial score (nSPS) is 22.2. The largest absolute Gasteiger partial charge is 0.341 e. The lowest BCUT2D eigenvalue weighted by molar-refractivity contribution is -0.155. The van der Waals surface area contributed by atoms with Gasteiger partial charge in [-0.15, -0.1) is 0 Å². The van der Waals surface area contributed by atoms with Crippen molar-refractivity contribution in [3.63, 3.8) is 0 Å². The first-order valence-corrected chi connectivity index (χ1v) is 8.23. The van der Waals surface area contributed by atoms with Gasteiger partial charge in [-0.25, -0.2) is 8.78 Å². The quantitative estimate of drug-likeness (QED) is 0.763. The number of carbonyl (C=O) groups is 2. The van der Waals surface area contributed by atoms with Crippen LogP contribution in [0.25, 0.3) is 0 Å². The van der Waals surface area contributed by atoms with Crippen LogP contribution in [0.1, 0.15) is 36.0 Å². The molecular formula is C16H16BrF2N3O2. The average Bonchev–Trinajstić information content (AvgIpc) is 2.55. The van der Waals surface area contributed by atoms with Gasteiger partial charge in [0.05, 0.1) is 6.07 Å². The first-order valence-electron chi connectivity index (χ1n) is 7.43. The minimum Gasteiger partial charge on any atom is -0.341 e. The second-order valence-corrected chi connectivity index (χ2v) is 6.53. The molecule has 0 spiro atoms. The highest BCUT2D eigenvalue weighted by Gasteiger charge is 2.60. The Labute approximate surface area is 146 Å². The molecule has 2 amide bonds. The van der Waals surface area contributed by atoms with E-state index in [9.17, 15) is 18.4 Å². The third-order valence-electron chi connectivity index (χ3n) is 4.07. The van der Waals surface area contributed by atoms with Crippen LogP contribution in [0.5, 0.6) is 0 Å². The fourth-order valence-corrected chi connectivity index (χ4v) is 3.03. The van der Waals surface area contributed by atoms with Gasteiger partial charge in [0.25, 0.3) is 17.7 Å². The summed E-state index contributed by atoms with van der Waals surface area (Å²) in [4.78, 5) is 24.7. The molecule has 1 aliphatic rings. The highest BCUT2D eigenvalue weighted by atomic mass is 79.9. The second kappa shape index (κ2) is 7.26. The average molecular weight is 400 g/mol. The van der Waals surface area contributed by atoms with Crippen LogP contribution in [0.4, 0.5) is 8.78 Å². The molecule has 24 heavy (non-hydrogen) atoms. The summed E-state index contributed by atoms with van der Waals surface area (Å²) >= 11 is 3.23. The van der Waals surface area contributed by atoms with Crippen molar-refractivity contribution in [3.8, 4) is 6.07 Å². The van der Waals surface area contributed by atoms with Crippen molar-refractivity contribution in [1.29, 1.82) is 5.26 Å². The predicted octanol–water partition coefficient (Wildman–Crippen LogP) is 2.77. The number of alkyl halides is 2. The smallest absolute Gasteiger partial charge is 0.279 e. The van der Waals surface area contributed by atoms with Gasteiger partial charge in [-0.1, -0.05) is 22.4 Å². The maximum Gasteiger partial charge on any atom is 0.279 e. The van der Waals surface area contributed by atoms with E-state index in [1.165, 1.54) is 12.1 Å². The van der Waals surface area contributed by atoms with E-state index in [0.29, 0.717) is 6.42 Å². The molecule has 0 unspecified atom stereocenters. The van der Waals surface area contributed by atoms with Crippen molar-refractivity contribution >= 4 is 27.7 Å². The Morgan fingerprint density at radius 1 is 1.21 bits per heavy atom. The van der Waals surface area contributed by atoms with Crippen LogP contribution in [0.15, 0.2) is 28.7 Å². The molecular weight excluding hydrogens is 384 g/mol. The Morgan fingerprint density at radius 2 is 1.83 bits per heavy atom. The number of nitriles is 1. The molecule has 2 N–H and O–H groups in total. The van der Waals surface area contributed by atoms with Crippen molar-refractivity contribution < 1.29 is 18.4 Å². The molecule has 8 heteroatoms. The molecule has 0 heterocycles. The zero-order valence-electron chi connectivity index (χ0n) is 12.7. The van der Waals surface area contributed by atoms with E-state index in [1.807, 2.05) is 0 Å². The Kier molecular flexibility index (Phi) is 5.54. The number of amides is 2. The minimum absolute atomic E-state index is 0.173. The molecule has 1 fully saturated rings. The standard InChI is InChI=1S/C16H16BrF2N3O2/c17-12-5-3-11(4-6-12)13(23)22-15(14(24)21-10-9-20)7-1-2-8-16(15,18)19/h3-6H,1-2,7-8,10H2,(H,21,24)(H,22,23)/t15-/m0/s1. The lowest BCUT2D eigenvalue weighted by atomic mass is 9.77. The Morgan fingerprint density at radius 3 is 2.42 bits per heavy atom. The van der Waals surface area contributed by atoms with Crippen molar-refractivity contribution in [1.82, 2.24) is 10.6 Å². The van der Waals surface area contributed by atoms with Gasteiger partial charge >= 0.3 is 0 Å². The summed E-state index contributed by atoms with van der Waals surface area (Å²) in [6.45, 7) is -0.398. The van der Waals surface area contributed by atoms with Crippen molar-refractivity contribution in [2.75, 3.05) is 6.54 Å². The van der Waals surface area contributed by atoms with Crippen LogP contribution in [-0.4, -0.2) is 29.8 Å². The molecule has 0 radical (unpaired) electrons. The second-order valence-electron chi connectivity index (χ2n) is 5.62. The summed E-state index contributed by atoms with van der Waals surface area (Å²) in [5.74, 6) is -5.18. The van der Waals surface area contributed by atoms with Crippen molar-refractivity contribution in [2.45, 2.75) is 37.1 Å². The summed E-state index contributed by atoms with van der Waals surface area (Å²) in [7, 11) is 0. The van der Waals surface area contributed by atoms with Gasteiger partial charge in [-0.3, -0.25) is 9.59 Å². The van der Waals surface area contributed by atoms with Crippen LogP contribution >= 0.6 is 15.9 Å². The maximum absolute atomic E-state index is 14.6. The molecule has 1 saturated carbocycles. The summed E-state index contributed by atoms with van der Waals surface area (Å²) in [5, 5.41) is 13.0. The van der Waals surface area contributed by atoms with E-state index < -0.39 is 36.2 Å². The predicted molar refractivity (Wildman–Crippen MR) is 86.4 cm³/mol. The molecule has 1 atom stereocenters. The molecule has 0 aromatic heterocycles. The van der Waals surface area contributed by atoms with Crippen LogP contribution in [0, 0.1) is 11.3 Å². The molecule has 128 valence electrons. The molecule has 1 aliphatic carbocycles.